The summed E-state index contributed by atoms with van der Waals surface area (Å²) in [5.41, 5.74) is 18.7. The van der Waals surface area contributed by atoms with Crippen LogP contribution in [0.15, 0.2) is 264 Å². The smallest absolute Gasteiger partial charge is 0.145 e. The molecule has 12 aromatic carbocycles. The Balaban J connectivity index is 1.04. The molecule has 6 nitrogen and oxygen atoms in total. The Labute approximate surface area is 451 Å². The van der Waals surface area contributed by atoms with Gasteiger partial charge in [-0.3, -0.25) is 0 Å². The lowest BCUT2D eigenvalue weighted by Crippen LogP contribution is -2.11. The Kier molecular flexibility index (Phi) is 9.10. The number of hydrogen-bond acceptors (Lipinski definition) is 3. The number of benzene rings is 12. The molecule has 5 aromatic heterocycles. The Hall–Kier alpha value is -10.9. The minimum atomic E-state index is 0.518. The molecule has 0 N–H and O–H groups in total. The molecule has 0 saturated heterocycles. The molecule has 0 radical (unpaired) electrons. The summed E-state index contributed by atoms with van der Waals surface area (Å²) >= 11 is 0. The number of furan rings is 2. The van der Waals surface area contributed by atoms with Gasteiger partial charge in [-0.1, -0.05) is 176 Å². The Morgan fingerprint density at radius 3 is 1.19 bits per heavy atom. The van der Waals surface area contributed by atoms with Crippen LogP contribution in [0.3, 0.4) is 0 Å². The van der Waals surface area contributed by atoms with Gasteiger partial charge in [0.1, 0.15) is 28.4 Å². The van der Waals surface area contributed by atoms with Gasteiger partial charge in [0.2, 0.25) is 0 Å². The van der Waals surface area contributed by atoms with Gasteiger partial charge >= 0.3 is 0 Å². The largest absolute Gasteiger partial charge is 0.455 e. The lowest BCUT2D eigenvalue weighted by Gasteiger charge is -2.25. The zero-order valence-corrected chi connectivity index (χ0v) is 42.4. The van der Waals surface area contributed by atoms with E-state index in [1.54, 1.807) is 0 Å². The number of nitrogens with zero attached hydrogens (tertiary/aromatic N) is 4. The lowest BCUT2D eigenvalue weighted by atomic mass is 9.95. The van der Waals surface area contributed by atoms with Gasteiger partial charge in [-0.25, -0.2) is 0 Å². The summed E-state index contributed by atoms with van der Waals surface area (Å²) in [5.74, 6) is 0. The van der Waals surface area contributed by atoms with E-state index in [2.05, 4.69) is 275 Å². The van der Waals surface area contributed by atoms with Crippen LogP contribution in [0.1, 0.15) is 5.56 Å². The van der Waals surface area contributed by atoms with E-state index < -0.39 is 0 Å². The molecule has 0 amide bonds. The highest BCUT2D eigenvalue weighted by atomic mass is 16.3. The van der Waals surface area contributed by atoms with E-state index in [1.165, 1.54) is 0 Å². The summed E-state index contributed by atoms with van der Waals surface area (Å²) in [6.45, 7) is 0. The van der Waals surface area contributed by atoms with Crippen LogP contribution in [-0.2, 0) is 0 Å². The highest BCUT2D eigenvalue weighted by molar-refractivity contribution is 6.26. The quantitative estimate of drug-likeness (QED) is 0.167. The van der Waals surface area contributed by atoms with E-state index in [1.807, 2.05) is 0 Å². The molecular formula is C73H42N4O2. The number of hydrogen-bond donors (Lipinski definition) is 0. The van der Waals surface area contributed by atoms with Gasteiger partial charge in [-0.05, 0) is 107 Å². The number of fused-ring (bicyclic) bond motifs is 17. The van der Waals surface area contributed by atoms with Crippen molar-refractivity contribution in [2.75, 3.05) is 0 Å². The average Bonchev–Trinajstić information content (AvgIpc) is 4.27. The molecule has 0 unspecified atom stereocenters. The van der Waals surface area contributed by atoms with Gasteiger partial charge in [0.05, 0.1) is 66.5 Å². The molecule has 0 aliphatic carbocycles. The van der Waals surface area contributed by atoms with Gasteiger partial charge < -0.3 is 22.5 Å². The Bertz CT molecular complexity index is 5380. The molecule has 17 rings (SSSR count). The second-order valence-corrected chi connectivity index (χ2v) is 20.6. The maximum absolute atomic E-state index is 12.1. The van der Waals surface area contributed by atoms with Gasteiger partial charge in [-0.15, -0.1) is 0 Å². The monoisotopic (exact) mass is 1010 g/mol. The van der Waals surface area contributed by atoms with E-state index in [4.69, 9.17) is 8.83 Å². The van der Waals surface area contributed by atoms with E-state index in [-0.39, 0.29) is 0 Å². The van der Waals surface area contributed by atoms with Crippen molar-refractivity contribution < 1.29 is 8.83 Å². The van der Waals surface area contributed by atoms with E-state index in [0.29, 0.717) is 5.56 Å². The zero-order chi connectivity index (χ0) is 51.9. The summed E-state index contributed by atoms with van der Waals surface area (Å²) in [4.78, 5) is 0. The third kappa shape index (κ3) is 6.15. The van der Waals surface area contributed by atoms with Crippen LogP contribution in [0.5, 0.6) is 0 Å². The molecule has 6 heteroatoms. The molecule has 0 aliphatic rings. The van der Waals surface area contributed by atoms with Crippen LogP contribution >= 0.6 is 0 Å². The average molecular weight is 1010 g/mol. The molecule has 0 saturated carbocycles. The third-order valence-electron chi connectivity index (χ3n) is 16.5. The van der Waals surface area contributed by atoms with Gasteiger partial charge in [0.25, 0.3) is 0 Å². The van der Waals surface area contributed by atoms with Crippen LogP contribution in [0.2, 0.25) is 0 Å². The lowest BCUT2D eigenvalue weighted by molar-refractivity contribution is 0.672. The minimum Gasteiger partial charge on any atom is -0.455 e. The first kappa shape index (κ1) is 43.4. The predicted octanol–water partition coefficient (Wildman–Crippen LogP) is 19.6. The Morgan fingerprint density at radius 2 is 0.696 bits per heavy atom. The van der Waals surface area contributed by atoms with Crippen molar-refractivity contribution in [2.24, 2.45) is 0 Å². The van der Waals surface area contributed by atoms with E-state index in [9.17, 15) is 5.26 Å². The van der Waals surface area contributed by atoms with Crippen molar-refractivity contribution in [3.8, 4) is 56.5 Å². The third-order valence-corrected chi connectivity index (χ3v) is 16.5. The van der Waals surface area contributed by atoms with Crippen LogP contribution in [0.25, 0.3) is 160 Å². The van der Waals surface area contributed by atoms with Crippen molar-refractivity contribution in [1.29, 1.82) is 5.26 Å². The molecular weight excluding hydrogens is 965 g/mol. The summed E-state index contributed by atoms with van der Waals surface area (Å²) in [5, 5.41) is 22.6. The SMILES string of the molecule is N#Cc1cc(-n2c3ccccc3c3c4oc5ccc(-c6ccccc6)cc5c4ccc32)c(-c2ccccc2)c(-n2c3ccccc3c3c4oc5ccc(-c6ccccc6)cc5c4ccc32)c1-n1c2ccccc2c2ccccc21. The summed E-state index contributed by atoms with van der Waals surface area (Å²) in [6.07, 6.45) is 0. The molecule has 79 heavy (non-hydrogen) atoms. The number of aromatic nitrogens is 3. The maximum atomic E-state index is 12.1. The second-order valence-electron chi connectivity index (χ2n) is 20.6. The fourth-order valence-corrected chi connectivity index (χ4v) is 13.1. The first-order valence-corrected chi connectivity index (χ1v) is 26.7. The highest BCUT2D eigenvalue weighted by Crippen LogP contribution is 2.50. The van der Waals surface area contributed by atoms with Crippen LogP contribution in [0, 0.1) is 11.3 Å². The molecule has 366 valence electrons. The molecule has 17 aromatic rings. The molecule has 0 atom stereocenters. The van der Waals surface area contributed by atoms with Crippen molar-refractivity contribution in [2.45, 2.75) is 0 Å². The van der Waals surface area contributed by atoms with Crippen molar-refractivity contribution in [3.05, 3.63) is 260 Å². The topological polar surface area (TPSA) is 64.9 Å². The van der Waals surface area contributed by atoms with Crippen molar-refractivity contribution in [1.82, 2.24) is 13.7 Å². The standard InChI is InChI=1S/C73H42N4O2/c74-43-49-42-64(75-60-30-16-12-26-54(60)68-62(75)36-34-52-56-40-47(44-18-4-1-5-19-44)32-38-65(56)78-72(52)68)67(46-22-8-3-9-23-46)71(70(49)76-58-28-14-10-24-50(58)51-25-11-15-29-59(51)76)77-61-31-17-13-27-55(61)69-63(77)37-35-53-57-41-48(45-20-6-2-7-21-45)33-39-66(57)79-73(53)69/h1-42H. The fraction of sp³-hybridized carbons (Fsp3) is 0. The number of rotatable bonds is 6. The van der Waals surface area contributed by atoms with Crippen LogP contribution in [0.4, 0.5) is 0 Å². The molecule has 0 fully saturated rings. The Morgan fingerprint density at radius 1 is 0.291 bits per heavy atom. The van der Waals surface area contributed by atoms with Crippen LogP contribution < -0.4 is 0 Å². The second kappa shape index (κ2) is 16.6. The van der Waals surface area contributed by atoms with E-state index >= 15 is 0 Å². The maximum Gasteiger partial charge on any atom is 0.145 e. The van der Waals surface area contributed by atoms with Gasteiger partial charge in [-0.2, -0.15) is 5.26 Å². The summed E-state index contributed by atoms with van der Waals surface area (Å²) in [7, 11) is 0. The van der Waals surface area contributed by atoms with Gasteiger partial charge in [0, 0.05) is 48.7 Å². The van der Waals surface area contributed by atoms with Crippen molar-refractivity contribution in [3.63, 3.8) is 0 Å². The molecule has 0 bridgehead atoms. The highest BCUT2D eigenvalue weighted by Gasteiger charge is 2.31. The normalized spacial score (nSPS) is 12.0. The van der Waals surface area contributed by atoms with Crippen molar-refractivity contribution >= 4 is 109 Å². The molecule has 0 spiro atoms. The first-order valence-electron chi connectivity index (χ1n) is 26.7. The molecule has 5 heterocycles. The number of para-hydroxylation sites is 4. The van der Waals surface area contributed by atoms with E-state index in [0.717, 1.165) is 160 Å². The number of nitriles is 1. The minimum absolute atomic E-state index is 0.518. The fourth-order valence-electron chi connectivity index (χ4n) is 13.1. The first-order chi connectivity index (χ1) is 39.2. The summed E-state index contributed by atoms with van der Waals surface area (Å²) in [6, 6.07) is 93.0. The van der Waals surface area contributed by atoms with Crippen LogP contribution in [-0.4, -0.2) is 13.7 Å². The molecule has 0 aliphatic heterocycles. The zero-order valence-electron chi connectivity index (χ0n) is 42.4. The summed E-state index contributed by atoms with van der Waals surface area (Å²) < 4.78 is 21.2. The predicted molar refractivity (Wildman–Crippen MR) is 325 cm³/mol. The van der Waals surface area contributed by atoms with Gasteiger partial charge in [0.15, 0.2) is 0 Å².